The lowest BCUT2D eigenvalue weighted by atomic mass is 10.0. The number of hydrogen-bond acceptors (Lipinski definition) is 5. The fourth-order valence-electron chi connectivity index (χ4n) is 3.10. The summed E-state index contributed by atoms with van der Waals surface area (Å²) < 4.78 is 13.5. The third kappa shape index (κ3) is 2.18. The predicted octanol–water partition coefficient (Wildman–Crippen LogP) is 1.74. The third-order valence-electron chi connectivity index (χ3n) is 4.55. The molecule has 1 atom stereocenters. The van der Waals surface area contributed by atoms with E-state index in [1.54, 1.807) is 7.11 Å². The fraction of sp³-hybridized carbons (Fsp3) is 0.600. The molecule has 0 amide bonds. The van der Waals surface area contributed by atoms with Gasteiger partial charge in [-0.1, -0.05) is 0 Å². The molecule has 1 saturated heterocycles. The van der Waals surface area contributed by atoms with Gasteiger partial charge < -0.3 is 19.8 Å². The van der Waals surface area contributed by atoms with Crippen LogP contribution >= 0.6 is 0 Å². The topological polar surface area (TPSA) is 75.2 Å². The Balaban J connectivity index is 2.16. The highest BCUT2D eigenvalue weighted by Crippen LogP contribution is 2.32. The van der Waals surface area contributed by atoms with E-state index in [9.17, 15) is 0 Å². The number of aromatic nitrogens is 3. The molecule has 2 aromatic heterocycles. The van der Waals surface area contributed by atoms with E-state index in [2.05, 4.69) is 28.4 Å². The molecular formula is C15H22N4O2. The Morgan fingerprint density at radius 1 is 1.33 bits per heavy atom. The van der Waals surface area contributed by atoms with Crippen LogP contribution in [0.25, 0.3) is 11.0 Å². The number of methoxy groups -OCH3 is 1. The monoisotopic (exact) mass is 290 g/mol. The van der Waals surface area contributed by atoms with Crippen LogP contribution in [0.5, 0.6) is 0 Å². The Hall–Kier alpha value is -1.66. The lowest BCUT2D eigenvalue weighted by Crippen LogP contribution is -2.37. The number of hydrogen-bond donors (Lipinski definition) is 1. The number of nitrogens with zero attached hydrogens (tertiary/aromatic N) is 3. The van der Waals surface area contributed by atoms with Crippen LogP contribution in [0.2, 0.25) is 0 Å². The molecule has 1 unspecified atom stereocenters. The molecule has 0 aromatic carbocycles. The van der Waals surface area contributed by atoms with Gasteiger partial charge in [-0.05, 0) is 26.3 Å². The van der Waals surface area contributed by atoms with Crippen LogP contribution in [-0.2, 0) is 16.0 Å². The molecule has 3 heterocycles. The summed E-state index contributed by atoms with van der Waals surface area (Å²) in [6.45, 7) is 8.08. The number of fused-ring (bicyclic) bond motifs is 1. The van der Waals surface area contributed by atoms with Crippen molar-refractivity contribution in [2.24, 2.45) is 0 Å². The zero-order valence-electron chi connectivity index (χ0n) is 13.1. The van der Waals surface area contributed by atoms with Gasteiger partial charge in [0.2, 0.25) is 0 Å². The van der Waals surface area contributed by atoms with E-state index >= 15 is 0 Å². The molecule has 0 radical (unpaired) electrons. The van der Waals surface area contributed by atoms with Gasteiger partial charge >= 0.3 is 0 Å². The first-order valence-electron chi connectivity index (χ1n) is 7.20. The van der Waals surface area contributed by atoms with Crippen molar-refractivity contribution in [3.63, 3.8) is 0 Å². The van der Waals surface area contributed by atoms with Gasteiger partial charge in [0.1, 0.15) is 22.9 Å². The number of ether oxygens (including phenoxy) is 2. The van der Waals surface area contributed by atoms with Crippen molar-refractivity contribution >= 4 is 16.9 Å². The van der Waals surface area contributed by atoms with E-state index < -0.39 is 0 Å². The van der Waals surface area contributed by atoms with Gasteiger partial charge in [-0.3, -0.25) is 0 Å². The number of nitrogens with two attached hydrogens (primary N) is 1. The van der Waals surface area contributed by atoms with Crippen LogP contribution in [0.1, 0.15) is 23.5 Å². The summed E-state index contributed by atoms with van der Waals surface area (Å²) in [5.74, 6) is 1.24. The third-order valence-corrected chi connectivity index (χ3v) is 4.55. The normalized spacial score (nSPS) is 22.3. The van der Waals surface area contributed by atoms with Crippen LogP contribution in [0.4, 0.5) is 5.82 Å². The van der Waals surface area contributed by atoms with Gasteiger partial charge in [0.05, 0.1) is 18.5 Å². The highest BCUT2D eigenvalue weighted by atomic mass is 16.5. The standard InChI is InChI=1S/C15H22N4O2/c1-9-10(2)19(7-15(20-4)5-6-21-8-15)14-12(9)13(16)17-11(3)18-14/h5-8H2,1-4H3,(H2,16,17,18). The molecule has 3 rings (SSSR count). The average Bonchev–Trinajstić information content (AvgIpc) is 2.99. The van der Waals surface area contributed by atoms with E-state index in [4.69, 9.17) is 15.2 Å². The maximum atomic E-state index is 6.09. The van der Waals surface area contributed by atoms with Crippen LogP contribution in [0, 0.1) is 20.8 Å². The number of aryl methyl sites for hydroxylation is 2. The number of nitrogen functional groups attached to an aromatic ring is 1. The molecule has 6 nitrogen and oxygen atoms in total. The summed E-state index contributed by atoms with van der Waals surface area (Å²) in [4.78, 5) is 8.88. The van der Waals surface area contributed by atoms with Crippen molar-refractivity contribution in [1.29, 1.82) is 0 Å². The van der Waals surface area contributed by atoms with Crippen LogP contribution < -0.4 is 5.73 Å². The van der Waals surface area contributed by atoms with Crippen LogP contribution in [-0.4, -0.2) is 40.5 Å². The summed E-state index contributed by atoms with van der Waals surface area (Å²) in [7, 11) is 1.75. The summed E-state index contributed by atoms with van der Waals surface area (Å²) >= 11 is 0. The quantitative estimate of drug-likeness (QED) is 0.932. The number of rotatable bonds is 3. The Bertz CT molecular complexity index is 687. The Morgan fingerprint density at radius 3 is 2.71 bits per heavy atom. The lowest BCUT2D eigenvalue weighted by Gasteiger charge is -2.27. The van der Waals surface area contributed by atoms with E-state index in [0.29, 0.717) is 18.2 Å². The van der Waals surface area contributed by atoms with Crippen LogP contribution in [0.3, 0.4) is 0 Å². The molecular weight excluding hydrogens is 268 g/mol. The average molecular weight is 290 g/mol. The van der Waals surface area contributed by atoms with Gasteiger partial charge in [0.25, 0.3) is 0 Å². The first-order valence-corrected chi connectivity index (χ1v) is 7.20. The second-order valence-electron chi connectivity index (χ2n) is 5.84. The van der Waals surface area contributed by atoms with E-state index in [0.717, 1.165) is 41.9 Å². The molecule has 1 aliphatic heterocycles. The second kappa shape index (κ2) is 4.96. The molecule has 2 aromatic rings. The maximum absolute atomic E-state index is 6.09. The minimum Gasteiger partial charge on any atom is -0.383 e. The van der Waals surface area contributed by atoms with Crippen molar-refractivity contribution in [3.8, 4) is 0 Å². The minimum absolute atomic E-state index is 0.281. The molecule has 0 saturated carbocycles. The molecule has 6 heteroatoms. The largest absolute Gasteiger partial charge is 0.383 e. The van der Waals surface area contributed by atoms with E-state index in [-0.39, 0.29) is 5.60 Å². The van der Waals surface area contributed by atoms with Crippen LogP contribution in [0.15, 0.2) is 0 Å². The molecule has 2 N–H and O–H groups in total. The first-order chi connectivity index (χ1) is 9.97. The van der Waals surface area contributed by atoms with Gasteiger partial charge in [-0.2, -0.15) is 0 Å². The second-order valence-corrected chi connectivity index (χ2v) is 5.84. The van der Waals surface area contributed by atoms with Gasteiger partial charge in [0, 0.05) is 25.8 Å². The fourth-order valence-corrected chi connectivity index (χ4v) is 3.10. The van der Waals surface area contributed by atoms with Gasteiger partial charge in [0.15, 0.2) is 0 Å². The van der Waals surface area contributed by atoms with Gasteiger partial charge in [-0.15, -0.1) is 0 Å². The van der Waals surface area contributed by atoms with E-state index in [1.807, 2.05) is 6.92 Å². The SMILES string of the molecule is COC1(Cn2c(C)c(C)c3c(N)nc(C)nc32)CCOC1. The molecule has 114 valence electrons. The van der Waals surface area contributed by atoms with Crippen molar-refractivity contribution in [1.82, 2.24) is 14.5 Å². The predicted molar refractivity (Wildman–Crippen MR) is 81.3 cm³/mol. The van der Waals surface area contributed by atoms with Gasteiger partial charge in [-0.25, -0.2) is 9.97 Å². The molecule has 1 aliphatic rings. The molecule has 0 spiro atoms. The van der Waals surface area contributed by atoms with Crippen molar-refractivity contribution in [2.45, 2.75) is 39.3 Å². The minimum atomic E-state index is -0.281. The van der Waals surface area contributed by atoms with Crippen molar-refractivity contribution in [2.75, 3.05) is 26.1 Å². The zero-order chi connectivity index (χ0) is 15.2. The molecule has 21 heavy (non-hydrogen) atoms. The molecule has 1 fully saturated rings. The smallest absolute Gasteiger partial charge is 0.146 e. The zero-order valence-corrected chi connectivity index (χ0v) is 13.1. The number of anilines is 1. The van der Waals surface area contributed by atoms with Crippen molar-refractivity contribution < 1.29 is 9.47 Å². The lowest BCUT2D eigenvalue weighted by molar-refractivity contribution is -0.0291. The Labute approximate surface area is 124 Å². The molecule has 0 aliphatic carbocycles. The summed E-state index contributed by atoms with van der Waals surface area (Å²) in [6.07, 6.45) is 0.890. The Morgan fingerprint density at radius 2 is 2.10 bits per heavy atom. The Kier molecular flexibility index (Phi) is 3.37. The maximum Gasteiger partial charge on any atom is 0.146 e. The van der Waals surface area contributed by atoms with Crippen molar-refractivity contribution in [3.05, 3.63) is 17.1 Å². The molecule has 0 bridgehead atoms. The summed E-state index contributed by atoms with van der Waals surface area (Å²) in [6, 6.07) is 0. The first kappa shape index (κ1) is 14.3. The highest BCUT2D eigenvalue weighted by molar-refractivity contribution is 5.91. The summed E-state index contributed by atoms with van der Waals surface area (Å²) in [5, 5.41) is 0.947. The highest BCUT2D eigenvalue weighted by Gasteiger charge is 2.36. The summed E-state index contributed by atoms with van der Waals surface area (Å²) in [5.41, 5.74) is 8.98. The van der Waals surface area contributed by atoms with E-state index in [1.165, 1.54) is 0 Å².